The van der Waals surface area contributed by atoms with E-state index in [4.69, 9.17) is 5.73 Å². The molecule has 0 aromatic heterocycles. The third-order valence-corrected chi connectivity index (χ3v) is 5.11. The minimum atomic E-state index is 0.266. The zero-order valence-electron chi connectivity index (χ0n) is 12.4. The quantitative estimate of drug-likeness (QED) is 0.895. The van der Waals surface area contributed by atoms with Crippen molar-refractivity contribution in [1.82, 2.24) is 4.90 Å². The van der Waals surface area contributed by atoms with Gasteiger partial charge in [-0.05, 0) is 49.7 Å². The topological polar surface area (TPSA) is 46.3 Å². The molecule has 2 N–H and O–H groups in total. The Balaban J connectivity index is 1.69. The molecule has 2 bridgehead atoms. The maximum atomic E-state index is 12.5. The molecule has 3 rings (SSSR count). The number of benzene rings is 1. The molecule has 0 spiro atoms. The third-order valence-electron chi connectivity index (χ3n) is 5.11. The molecule has 2 fully saturated rings. The molecule has 2 aliphatic rings. The maximum Gasteiger partial charge on any atom is 0.227 e. The van der Waals surface area contributed by atoms with Gasteiger partial charge in [0.25, 0.3) is 0 Å². The average molecular weight is 272 g/mol. The van der Waals surface area contributed by atoms with Gasteiger partial charge in [0.1, 0.15) is 0 Å². The van der Waals surface area contributed by atoms with Crippen LogP contribution in [0.2, 0.25) is 0 Å². The Hall–Kier alpha value is -1.35. The molecule has 108 valence electrons. The highest BCUT2D eigenvalue weighted by molar-refractivity contribution is 5.79. The fourth-order valence-electron chi connectivity index (χ4n) is 3.73. The molecule has 1 heterocycles. The Kier molecular flexibility index (Phi) is 3.55. The molecule has 1 saturated heterocycles. The second-order valence-corrected chi connectivity index (χ2v) is 6.58. The summed E-state index contributed by atoms with van der Waals surface area (Å²) in [6.45, 7) is 5.88. The van der Waals surface area contributed by atoms with E-state index in [0.29, 0.717) is 24.3 Å². The van der Waals surface area contributed by atoms with Crippen molar-refractivity contribution in [3.8, 4) is 0 Å². The highest BCUT2D eigenvalue weighted by Crippen LogP contribution is 2.35. The Morgan fingerprint density at radius 2 is 1.90 bits per heavy atom. The van der Waals surface area contributed by atoms with Crippen LogP contribution < -0.4 is 5.73 Å². The van der Waals surface area contributed by atoms with Crippen molar-refractivity contribution in [3.05, 3.63) is 34.9 Å². The molecule has 3 nitrogen and oxygen atoms in total. The smallest absolute Gasteiger partial charge is 0.227 e. The van der Waals surface area contributed by atoms with Crippen LogP contribution in [0.3, 0.4) is 0 Å². The van der Waals surface area contributed by atoms with Crippen molar-refractivity contribution >= 4 is 5.91 Å². The Labute approximate surface area is 121 Å². The lowest BCUT2D eigenvalue weighted by Crippen LogP contribution is -2.51. The molecule has 20 heavy (non-hydrogen) atoms. The second-order valence-electron chi connectivity index (χ2n) is 6.58. The average Bonchev–Trinajstić information content (AvgIpc) is 2.65. The summed E-state index contributed by atoms with van der Waals surface area (Å²) in [5.41, 5.74) is 9.80. The van der Waals surface area contributed by atoms with Gasteiger partial charge < -0.3 is 10.6 Å². The standard InChI is InChI=1S/C17H24N2O/c1-11-3-4-12(2)15(7-11)8-16(20)19-9-13-5-6-14(10-19)17(13)18/h3-4,7,13-14,17H,5-6,8-10,18H2,1-2H3/t13-,14+,17?. The van der Waals surface area contributed by atoms with E-state index in [-0.39, 0.29) is 5.91 Å². The normalized spacial score (nSPS) is 28.8. The van der Waals surface area contributed by atoms with Gasteiger partial charge in [0.15, 0.2) is 0 Å². The van der Waals surface area contributed by atoms with Crippen LogP contribution in [-0.4, -0.2) is 29.9 Å². The van der Waals surface area contributed by atoms with Gasteiger partial charge in [-0.2, -0.15) is 0 Å². The van der Waals surface area contributed by atoms with E-state index >= 15 is 0 Å². The van der Waals surface area contributed by atoms with Crippen molar-refractivity contribution < 1.29 is 4.79 Å². The van der Waals surface area contributed by atoms with Crippen LogP contribution in [0.15, 0.2) is 18.2 Å². The zero-order valence-corrected chi connectivity index (χ0v) is 12.4. The summed E-state index contributed by atoms with van der Waals surface area (Å²) >= 11 is 0. The molecule has 1 aliphatic heterocycles. The number of carbonyl (C=O) groups excluding carboxylic acids is 1. The van der Waals surface area contributed by atoms with E-state index in [1.54, 1.807) is 0 Å². The van der Waals surface area contributed by atoms with Gasteiger partial charge in [-0.25, -0.2) is 0 Å². The minimum absolute atomic E-state index is 0.266. The van der Waals surface area contributed by atoms with Gasteiger partial charge in [0, 0.05) is 19.1 Å². The SMILES string of the molecule is Cc1ccc(C)c(CC(=O)N2C[C@H]3CC[C@@H](C2)C3N)c1. The van der Waals surface area contributed by atoms with E-state index in [0.717, 1.165) is 18.7 Å². The second kappa shape index (κ2) is 5.21. The number of piperidine rings is 1. The Morgan fingerprint density at radius 1 is 1.25 bits per heavy atom. The van der Waals surface area contributed by atoms with Gasteiger partial charge in [0.2, 0.25) is 5.91 Å². The highest BCUT2D eigenvalue weighted by Gasteiger charge is 2.41. The van der Waals surface area contributed by atoms with Crippen LogP contribution in [0, 0.1) is 25.7 Å². The van der Waals surface area contributed by atoms with Gasteiger partial charge in [-0.3, -0.25) is 4.79 Å². The van der Waals surface area contributed by atoms with E-state index < -0.39 is 0 Å². The summed E-state index contributed by atoms with van der Waals surface area (Å²) in [4.78, 5) is 14.6. The van der Waals surface area contributed by atoms with Crippen molar-refractivity contribution in [1.29, 1.82) is 0 Å². The molecule has 1 saturated carbocycles. The molecule has 1 aliphatic carbocycles. The number of amides is 1. The third kappa shape index (κ3) is 2.47. The summed E-state index contributed by atoms with van der Waals surface area (Å²) in [5.74, 6) is 1.31. The number of nitrogens with two attached hydrogens (primary N) is 1. The van der Waals surface area contributed by atoms with Crippen LogP contribution in [0.25, 0.3) is 0 Å². The predicted molar refractivity (Wildman–Crippen MR) is 80.4 cm³/mol. The van der Waals surface area contributed by atoms with Crippen molar-refractivity contribution in [2.45, 2.75) is 39.2 Å². The summed E-state index contributed by atoms with van der Waals surface area (Å²) in [5, 5.41) is 0. The Morgan fingerprint density at radius 3 is 2.55 bits per heavy atom. The lowest BCUT2D eigenvalue weighted by molar-refractivity contribution is -0.132. The first-order valence-corrected chi connectivity index (χ1v) is 7.64. The van der Waals surface area contributed by atoms with Crippen molar-refractivity contribution in [2.75, 3.05) is 13.1 Å². The summed E-state index contributed by atoms with van der Waals surface area (Å²) in [6, 6.07) is 6.66. The number of likely N-dealkylation sites (tertiary alicyclic amines) is 1. The van der Waals surface area contributed by atoms with Crippen LogP contribution in [0.1, 0.15) is 29.5 Å². The first-order valence-electron chi connectivity index (χ1n) is 7.64. The van der Waals surface area contributed by atoms with Crippen LogP contribution in [0.5, 0.6) is 0 Å². The lowest BCUT2D eigenvalue weighted by atomic mass is 9.92. The highest BCUT2D eigenvalue weighted by atomic mass is 16.2. The fraction of sp³-hybridized carbons (Fsp3) is 0.588. The fourth-order valence-corrected chi connectivity index (χ4v) is 3.73. The summed E-state index contributed by atoms with van der Waals surface area (Å²) in [6.07, 6.45) is 2.92. The Bertz CT molecular complexity index is 512. The molecule has 3 atom stereocenters. The van der Waals surface area contributed by atoms with E-state index in [1.807, 2.05) is 4.90 Å². The summed E-state index contributed by atoms with van der Waals surface area (Å²) < 4.78 is 0. The van der Waals surface area contributed by atoms with Gasteiger partial charge >= 0.3 is 0 Å². The van der Waals surface area contributed by atoms with Crippen molar-refractivity contribution in [2.24, 2.45) is 17.6 Å². The summed E-state index contributed by atoms with van der Waals surface area (Å²) in [7, 11) is 0. The van der Waals surface area contributed by atoms with Crippen LogP contribution in [-0.2, 0) is 11.2 Å². The molecule has 1 aromatic carbocycles. The largest absolute Gasteiger partial charge is 0.342 e. The number of rotatable bonds is 2. The van der Waals surface area contributed by atoms with Crippen molar-refractivity contribution in [3.63, 3.8) is 0 Å². The number of hydrogen-bond donors (Lipinski definition) is 1. The molecule has 0 radical (unpaired) electrons. The lowest BCUT2D eigenvalue weighted by Gasteiger charge is -2.36. The molecular weight excluding hydrogens is 248 g/mol. The molecule has 1 unspecified atom stereocenters. The van der Waals surface area contributed by atoms with Crippen LogP contribution >= 0.6 is 0 Å². The first-order chi connectivity index (χ1) is 9.54. The monoisotopic (exact) mass is 272 g/mol. The molecular formula is C17H24N2O. The maximum absolute atomic E-state index is 12.5. The molecule has 1 amide bonds. The van der Waals surface area contributed by atoms with Gasteiger partial charge in [-0.15, -0.1) is 0 Å². The van der Waals surface area contributed by atoms with E-state index in [1.165, 1.54) is 24.0 Å². The van der Waals surface area contributed by atoms with Gasteiger partial charge in [0.05, 0.1) is 6.42 Å². The number of carbonyl (C=O) groups is 1. The zero-order chi connectivity index (χ0) is 14.3. The predicted octanol–water partition coefficient (Wildman–Crippen LogP) is 2.04. The number of nitrogens with zero attached hydrogens (tertiary/aromatic N) is 1. The molecule has 3 heteroatoms. The minimum Gasteiger partial charge on any atom is -0.342 e. The van der Waals surface area contributed by atoms with Crippen LogP contribution in [0.4, 0.5) is 0 Å². The van der Waals surface area contributed by atoms with E-state index in [2.05, 4.69) is 32.0 Å². The number of fused-ring (bicyclic) bond motifs is 2. The van der Waals surface area contributed by atoms with Gasteiger partial charge in [-0.1, -0.05) is 23.8 Å². The molecule has 1 aromatic rings. The first kappa shape index (κ1) is 13.6. The number of aryl methyl sites for hydroxylation is 2. The number of hydrogen-bond acceptors (Lipinski definition) is 2. The van der Waals surface area contributed by atoms with E-state index in [9.17, 15) is 4.79 Å².